The van der Waals surface area contributed by atoms with Crippen LogP contribution in [-0.4, -0.2) is 33.0 Å². The van der Waals surface area contributed by atoms with Crippen LogP contribution in [0, 0.1) is 0 Å². The number of fused-ring (bicyclic) bond motifs is 1. The van der Waals surface area contributed by atoms with Gasteiger partial charge in [0.1, 0.15) is 5.69 Å². The van der Waals surface area contributed by atoms with E-state index in [0.717, 1.165) is 10.4 Å². The predicted molar refractivity (Wildman–Crippen MR) is 74.8 cm³/mol. The van der Waals surface area contributed by atoms with E-state index in [0.29, 0.717) is 18.7 Å². The maximum Gasteiger partial charge on any atom is 0.331 e. The van der Waals surface area contributed by atoms with E-state index >= 15 is 0 Å². The van der Waals surface area contributed by atoms with Crippen molar-refractivity contribution in [1.82, 2.24) is 9.47 Å². The van der Waals surface area contributed by atoms with Gasteiger partial charge in [0.15, 0.2) is 6.04 Å². The van der Waals surface area contributed by atoms with Gasteiger partial charge in [-0.25, -0.2) is 4.79 Å². The number of aromatic nitrogens is 1. The molecule has 1 atom stereocenters. The lowest BCUT2D eigenvalue weighted by atomic mass is 9.99. The minimum Gasteiger partial charge on any atom is -0.479 e. The number of carboxylic acid groups (broad SMARTS) is 1. The third kappa shape index (κ3) is 1.92. The predicted octanol–water partition coefficient (Wildman–Crippen LogP) is 1.91. The van der Waals surface area contributed by atoms with Crippen molar-refractivity contribution in [3.63, 3.8) is 0 Å². The Bertz CT molecular complexity index is 674. The Morgan fingerprint density at radius 1 is 1.40 bits per heavy atom. The summed E-state index contributed by atoms with van der Waals surface area (Å²) < 4.78 is 1.71. The molecule has 0 saturated carbocycles. The van der Waals surface area contributed by atoms with Crippen molar-refractivity contribution in [3.05, 3.63) is 45.9 Å². The Morgan fingerprint density at radius 2 is 2.20 bits per heavy atom. The monoisotopic (exact) mass is 290 g/mol. The number of rotatable bonds is 2. The summed E-state index contributed by atoms with van der Waals surface area (Å²) in [6.45, 7) is 0.439. The van der Waals surface area contributed by atoms with Crippen LogP contribution in [-0.2, 0) is 18.3 Å². The molecule has 0 fully saturated rings. The fourth-order valence-corrected chi connectivity index (χ4v) is 3.54. The highest BCUT2D eigenvalue weighted by Gasteiger charge is 2.37. The van der Waals surface area contributed by atoms with Crippen LogP contribution in [0.1, 0.15) is 27.0 Å². The largest absolute Gasteiger partial charge is 0.479 e. The fraction of sp³-hybridized carbons (Fsp3) is 0.286. The summed E-state index contributed by atoms with van der Waals surface area (Å²) in [5.41, 5.74) is 1.26. The number of carbonyl (C=O) groups excluding carboxylic acids is 1. The smallest absolute Gasteiger partial charge is 0.331 e. The Hall–Kier alpha value is -2.08. The van der Waals surface area contributed by atoms with E-state index < -0.39 is 12.0 Å². The standard InChI is InChI=1S/C14H14N2O3S/c1-15-6-2-3-10(15)13(17)16-7-4-11-9(5-8-20-11)12(16)14(18)19/h2-3,5-6,8,12H,4,7H2,1H3,(H,18,19). The maximum atomic E-state index is 12.6. The summed E-state index contributed by atoms with van der Waals surface area (Å²) in [5.74, 6) is -1.21. The van der Waals surface area contributed by atoms with Crippen molar-refractivity contribution in [2.45, 2.75) is 12.5 Å². The van der Waals surface area contributed by atoms with Crippen molar-refractivity contribution in [2.75, 3.05) is 6.54 Å². The molecule has 20 heavy (non-hydrogen) atoms. The molecule has 1 amide bonds. The number of hydrogen-bond acceptors (Lipinski definition) is 3. The molecular weight excluding hydrogens is 276 g/mol. The Balaban J connectivity index is 2.00. The van der Waals surface area contributed by atoms with E-state index in [-0.39, 0.29) is 5.91 Å². The van der Waals surface area contributed by atoms with Crippen molar-refractivity contribution in [2.24, 2.45) is 7.05 Å². The maximum absolute atomic E-state index is 12.6. The van der Waals surface area contributed by atoms with Gasteiger partial charge in [0.25, 0.3) is 5.91 Å². The van der Waals surface area contributed by atoms with Gasteiger partial charge in [0.2, 0.25) is 0 Å². The first-order valence-electron chi connectivity index (χ1n) is 6.31. The van der Waals surface area contributed by atoms with Crippen LogP contribution in [0.2, 0.25) is 0 Å². The fourth-order valence-electron chi connectivity index (χ4n) is 2.63. The molecule has 104 valence electrons. The SMILES string of the molecule is Cn1cccc1C(=O)N1CCc2sccc2C1C(=O)O. The van der Waals surface area contributed by atoms with Crippen molar-refractivity contribution < 1.29 is 14.7 Å². The number of carboxylic acids is 1. The molecule has 0 aromatic carbocycles. The van der Waals surface area contributed by atoms with Gasteiger partial charge in [-0.2, -0.15) is 0 Å². The molecule has 0 bridgehead atoms. The normalized spacial score (nSPS) is 17.9. The van der Waals surface area contributed by atoms with Gasteiger partial charge in [0.05, 0.1) is 0 Å². The second kappa shape index (κ2) is 4.79. The van der Waals surface area contributed by atoms with E-state index in [9.17, 15) is 14.7 Å². The van der Waals surface area contributed by atoms with Crippen LogP contribution < -0.4 is 0 Å². The molecule has 2 aromatic heterocycles. The van der Waals surface area contributed by atoms with Crippen LogP contribution in [0.25, 0.3) is 0 Å². The van der Waals surface area contributed by atoms with Gasteiger partial charge in [-0.15, -0.1) is 11.3 Å². The highest BCUT2D eigenvalue weighted by Crippen LogP contribution is 2.34. The molecule has 1 unspecified atom stereocenters. The van der Waals surface area contributed by atoms with Gasteiger partial charge < -0.3 is 14.6 Å². The summed E-state index contributed by atoms with van der Waals surface area (Å²) in [6.07, 6.45) is 2.50. The molecule has 0 spiro atoms. The van der Waals surface area contributed by atoms with Crippen LogP contribution in [0.5, 0.6) is 0 Å². The van der Waals surface area contributed by atoms with Gasteiger partial charge in [-0.05, 0) is 35.6 Å². The highest BCUT2D eigenvalue weighted by molar-refractivity contribution is 7.10. The first-order valence-corrected chi connectivity index (χ1v) is 7.19. The lowest BCUT2D eigenvalue weighted by molar-refractivity contribution is -0.143. The van der Waals surface area contributed by atoms with Gasteiger partial charge in [-0.3, -0.25) is 4.79 Å². The average Bonchev–Trinajstić information content (AvgIpc) is 3.04. The van der Waals surface area contributed by atoms with Crippen LogP contribution in [0.4, 0.5) is 0 Å². The highest BCUT2D eigenvalue weighted by atomic mass is 32.1. The molecule has 2 aromatic rings. The second-order valence-electron chi connectivity index (χ2n) is 4.79. The summed E-state index contributed by atoms with van der Waals surface area (Å²) in [6, 6.07) is 4.42. The quantitative estimate of drug-likeness (QED) is 0.919. The second-order valence-corrected chi connectivity index (χ2v) is 5.79. The average molecular weight is 290 g/mol. The lowest BCUT2D eigenvalue weighted by Gasteiger charge is -2.33. The molecule has 1 aliphatic heterocycles. The third-order valence-electron chi connectivity index (χ3n) is 3.62. The summed E-state index contributed by atoms with van der Waals surface area (Å²) in [5, 5.41) is 11.4. The molecule has 3 rings (SSSR count). The molecule has 0 saturated heterocycles. The third-order valence-corrected chi connectivity index (χ3v) is 4.62. The Morgan fingerprint density at radius 3 is 2.85 bits per heavy atom. The van der Waals surface area contributed by atoms with E-state index in [4.69, 9.17) is 0 Å². The number of hydrogen-bond donors (Lipinski definition) is 1. The number of nitrogens with zero attached hydrogens (tertiary/aromatic N) is 2. The minimum atomic E-state index is -0.980. The molecule has 5 nitrogen and oxygen atoms in total. The molecular formula is C14H14N2O3S. The molecule has 1 N–H and O–H groups in total. The van der Waals surface area contributed by atoms with Gasteiger partial charge in [-0.1, -0.05) is 0 Å². The minimum absolute atomic E-state index is 0.234. The number of aryl methyl sites for hydroxylation is 1. The summed E-state index contributed by atoms with van der Waals surface area (Å²) >= 11 is 1.55. The van der Waals surface area contributed by atoms with E-state index in [1.165, 1.54) is 4.90 Å². The molecule has 3 heterocycles. The summed E-state index contributed by atoms with van der Waals surface area (Å²) in [7, 11) is 1.78. The molecule has 1 aliphatic rings. The van der Waals surface area contributed by atoms with Gasteiger partial charge in [0, 0.05) is 24.7 Å². The first-order chi connectivity index (χ1) is 9.59. The van der Waals surface area contributed by atoms with Crippen molar-refractivity contribution >= 4 is 23.2 Å². The number of aliphatic carboxylic acids is 1. The zero-order valence-electron chi connectivity index (χ0n) is 10.9. The van der Waals surface area contributed by atoms with E-state index in [2.05, 4.69) is 0 Å². The molecule has 0 radical (unpaired) electrons. The molecule has 6 heteroatoms. The number of carbonyl (C=O) groups is 2. The van der Waals surface area contributed by atoms with Crippen LogP contribution in [0.3, 0.4) is 0 Å². The topological polar surface area (TPSA) is 62.5 Å². The van der Waals surface area contributed by atoms with Crippen LogP contribution >= 0.6 is 11.3 Å². The lowest BCUT2D eigenvalue weighted by Crippen LogP contribution is -2.43. The number of amides is 1. The molecule has 0 aliphatic carbocycles. The van der Waals surface area contributed by atoms with Crippen LogP contribution in [0.15, 0.2) is 29.8 Å². The zero-order valence-corrected chi connectivity index (χ0v) is 11.8. The Kier molecular flexibility index (Phi) is 3.10. The first kappa shape index (κ1) is 12.9. The van der Waals surface area contributed by atoms with Crippen molar-refractivity contribution in [3.8, 4) is 0 Å². The van der Waals surface area contributed by atoms with Crippen molar-refractivity contribution in [1.29, 1.82) is 0 Å². The zero-order chi connectivity index (χ0) is 14.3. The summed E-state index contributed by atoms with van der Waals surface area (Å²) in [4.78, 5) is 26.7. The van der Waals surface area contributed by atoms with E-state index in [1.54, 1.807) is 41.3 Å². The number of thiophene rings is 1. The Labute approximate surface area is 120 Å². The van der Waals surface area contributed by atoms with Gasteiger partial charge >= 0.3 is 5.97 Å². The van der Waals surface area contributed by atoms with E-state index in [1.807, 2.05) is 11.4 Å².